The fourth-order valence-electron chi connectivity index (χ4n) is 2.48. The Balaban J connectivity index is 2.31. The van der Waals surface area contributed by atoms with Crippen molar-refractivity contribution in [1.82, 2.24) is 5.32 Å². The van der Waals surface area contributed by atoms with Crippen LogP contribution in [0.15, 0.2) is 42.5 Å². The number of thioether (sulfide) groups is 1. The quantitative estimate of drug-likeness (QED) is 0.789. The van der Waals surface area contributed by atoms with Crippen molar-refractivity contribution in [2.24, 2.45) is 0 Å². The van der Waals surface area contributed by atoms with Gasteiger partial charge in [-0.1, -0.05) is 49.4 Å². The van der Waals surface area contributed by atoms with Gasteiger partial charge in [0.1, 0.15) is 0 Å². The van der Waals surface area contributed by atoms with Gasteiger partial charge in [-0.05, 0) is 47.7 Å². The molecule has 19 heavy (non-hydrogen) atoms. The molecule has 1 N–H and O–H groups in total. The summed E-state index contributed by atoms with van der Waals surface area (Å²) in [4.78, 5) is 0. The minimum absolute atomic E-state index is 0.471. The molecule has 2 heteroatoms. The fourth-order valence-corrected chi connectivity index (χ4v) is 2.95. The maximum Gasteiger partial charge on any atom is 0.0334 e. The molecule has 0 radical (unpaired) electrons. The lowest BCUT2D eigenvalue weighted by atomic mass is 9.97. The minimum Gasteiger partial charge on any atom is -0.310 e. The van der Waals surface area contributed by atoms with Crippen molar-refractivity contribution in [2.75, 3.05) is 18.6 Å². The Morgan fingerprint density at radius 2 is 1.89 bits per heavy atom. The van der Waals surface area contributed by atoms with Crippen LogP contribution in [-0.4, -0.2) is 18.6 Å². The second-order valence-corrected chi connectivity index (χ2v) is 5.84. The van der Waals surface area contributed by atoms with Gasteiger partial charge in [0.25, 0.3) is 0 Å². The lowest BCUT2D eigenvalue weighted by Gasteiger charge is -2.20. The third-order valence-corrected chi connectivity index (χ3v) is 4.09. The number of benzene rings is 2. The standard InChI is InChI=1S/C17H23NS/c1-3-12-18-17(11-13-19-2)16-10-6-8-14-7-4-5-9-15(14)16/h4-10,17-18H,3,11-13H2,1-2H3. The Bertz CT molecular complexity index is 496. The van der Waals surface area contributed by atoms with Crippen molar-refractivity contribution >= 4 is 22.5 Å². The Kier molecular flexibility index (Phi) is 5.74. The fraction of sp³-hybridized carbons (Fsp3) is 0.412. The van der Waals surface area contributed by atoms with Gasteiger partial charge in [-0.25, -0.2) is 0 Å². The predicted octanol–water partition coefficient (Wildman–Crippen LogP) is 4.63. The van der Waals surface area contributed by atoms with Crippen molar-refractivity contribution in [3.63, 3.8) is 0 Å². The van der Waals surface area contributed by atoms with Crippen molar-refractivity contribution in [3.05, 3.63) is 48.0 Å². The molecule has 0 fully saturated rings. The molecule has 0 amide bonds. The summed E-state index contributed by atoms with van der Waals surface area (Å²) in [6, 6.07) is 15.8. The number of rotatable bonds is 7. The van der Waals surface area contributed by atoms with Crippen LogP contribution in [-0.2, 0) is 0 Å². The number of hydrogen-bond donors (Lipinski definition) is 1. The molecular weight excluding hydrogens is 250 g/mol. The molecule has 2 aromatic carbocycles. The van der Waals surface area contributed by atoms with Crippen molar-refractivity contribution in [2.45, 2.75) is 25.8 Å². The molecule has 0 heterocycles. The Morgan fingerprint density at radius 3 is 2.68 bits per heavy atom. The number of nitrogens with one attached hydrogen (secondary N) is 1. The van der Waals surface area contributed by atoms with E-state index in [1.807, 2.05) is 11.8 Å². The average Bonchev–Trinajstić information content (AvgIpc) is 2.47. The number of fused-ring (bicyclic) bond motifs is 1. The highest BCUT2D eigenvalue weighted by Gasteiger charge is 2.12. The summed E-state index contributed by atoms with van der Waals surface area (Å²) in [5.41, 5.74) is 1.45. The molecule has 0 saturated carbocycles. The van der Waals surface area contributed by atoms with Crippen LogP contribution in [0.4, 0.5) is 0 Å². The van der Waals surface area contributed by atoms with E-state index < -0.39 is 0 Å². The van der Waals surface area contributed by atoms with Crippen LogP contribution >= 0.6 is 11.8 Å². The highest BCUT2D eigenvalue weighted by molar-refractivity contribution is 7.98. The molecule has 0 aliphatic heterocycles. The molecule has 1 atom stereocenters. The smallest absolute Gasteiger partial charge is 0.0334 e. The molecular formula is C17H23NS. The first-order valence-electron chi connectivity index (χ1n) is 7.06. The first-order chi connectivity index (χ1) is 9.36. The van der Waals surface area contributed by atoms with Crippen molar-refractivity contribution < 1.29 is 0 Å². The van der Waals surface area contributed by atoms with Crippen LogP contribution in [0.25, 0.3) is 10.8 Å². The SMILES string of the molecule is CCCNC(CCSC)c1cccc2ccccc12. The molecule has 0 aliphatic rings. The lowest BCUT2D eigenvalue weighted by molar-refractivity contribution is 0.524. The van der Waals surface area contributed by atoms with Crippen molar-refractivity contribution in [3.8, 4) is 0 Å². The summed E-state index contributed by atoms with van der Waals surface area (Å²) in [7, 11) is 0. The van der Waals surface area contributed by atoms with Gasteiger partial charge in [-0.15, -0.1) is 0 Å². The first-order valence-corrected chi connectivity index (χ1v) is 8.46. The topological polar surface area (TPSA) is 12.0 Å². The van der Waals surface area contributed by atoms with E-state index in [9.17, 15) is 0 Å². The molecule has 0 bridgehead atoms. The third kappa shape index (κ3) is 3.74. The molecule has 102 valence electrons. The van der Waals surface area contributed by atoms with Crippen LogP contribution in [0.2, 0.25) is 0 Å². The maximum absolute atomic E-state index is 3.70. The van der Waals surface area contributed by atoms with E-state index >= 15 is 0 Å². The van der Waals surface area contributed by atoms with E-state index in [1.165, 1.54) is 34.9 Å². The highest BCUT2D eigenvalue weighted by atomic mass is 32.2. The number of hydrogen-bond acceptors (Lipinski definition) is 2. The van der Waals surface area contributed by atoms with Gasteiger partial charge in [0, 0.05) is 6.04 Å². The third-order valence-electron chi connectivity index (χ3n) is 3.45. The zero-order valence-corrected chi connectivity index (χ0v) is 12.7. The summed E-state index contributed by atoms with van der Waals surface area (Å²) in [6.45, 7) is 3.31. The van der Waals surface area contributed by atoms with Gasteiger partial charge in [0.2, 0.25) is 0 Å². The summed E-state index contributed by atoms with van der Waals surface area (Å²) in [5.74, 6) is 1.20. The molecule has 2 rings (SSSR count). The van der Waals surface area contributed by atoms with Gasteiger partial charge < -0.3 is 5.32 Å². The van der Waals surface area contributed by atoms with E-state index in [0.29, 0.717) is 6.04 Å². The van der Waals surface area contributed by atoms with Crippen LogP contribution in [0.1, 0.15) is 31.4 Å². The largest absolute Gasteiger partial charge is 0.310 e. The molecule has 1 nitrogen and oxygen atoms in total. The second-order valence-electron chi connectivity index (χ2n) is 4.86. The predicted molar refractivity (Wildman–Crippen MR) is 88.0 cm³/mol. The van der Waals surface area contributed by atoms with Crippen LogP contribution in [0, 0.1) is 0 Å². The van der Waals surface area contributed by atoms with E-state index in [2.05, 4.69) is 61.0 Å². The van der Waals surface area contributed by atoms with Crippen LogP contribution in [0.3, 0.4) is 0 Å². The molecule has 0 aromatic heterocycles. The Hall–Kier alpha value is -0.990. The minimum atomic E-state index is 0.471. The van der Waals surface area contributed by atoms with Gasteiger partial charge in [0.15, 0.2) is 0 Å². The Morgan fingerprint density at radius 1 is 1.11 bits per heavy atom. The van der Waals surface area contributed by atoms with Gasteiger partial charge in [-0.3, -0.25) is 0 Å². The summed E-state index contributed by atoms with van der Waals surface area (Å²) in [6.07, 6.45) is 4.55. The second kappa shape index (κ2) is 7.56. The summed E-state index contributed by atoms with van der Waals surface area (Å²) in [5, 5.41) is 6.43. The summed E-state index contributed by atoms with van der Waals surface area (Å²) >= 11 is 1.92. The van der Waals surface area contributed by atoms with Gasteiger partial charge in [0.05, 0.1) is 0 Å². The zero-order chi connectivity index (χ0) is 13.5. The first kappa shape index (κ1) is 14.4. The summed E-state index contributed by atoms with van der Waals surface area (Å²) < 4.78 is 0. The highest BCUT2D eigenvalue weighted by Crippen LogP contribution is 2.27. The van der Waals surface area contributed by atoms with Crippen LogP contribution in [0.5, 0.6) is 0 Å². The molecule has 0 aliphatic carbocycles. The molecule has 0 spiro atoms. The lowest BCUT2D eigenvalue weighted by Crippen LogP contribution is -2.23. The van der Waals surface area contributed by atoms with Gasteiger partial charge in [-0.2, -0.15) is 11.8 Å². The molecule has 2 aromatic rings. The van der Waals surface area contributed by atoms with Gasteiger partial charge >= 0.3 is 0 Å². The monoisotopic (exact) mass is 273 g/mol. The molecule has 1 unspecified atom stereocenters. The average molecular weight is 273 g/mol. The van der Waals surface area contributed by atoms with E-state index in [0.717, 1.165) is 6.54 Å². The Labute approximate surface area is 120 Å². The normalized spacial score (nSPS) is 12.7. The van der Waals surface area contributed by atoms with E-state index in [-0.39, 0.29) is 0 Å². The molecule has 0 saturated heterocycles. The van der Waals surface area contributed by atoms with E-state index in [1.54, 1.807) is 0 Å². The maximum atomic E-state index is 3.70. The van der Waals surface area contributed by atoms with Crippen molar-refractivity contribution in [1.29, 1.82) is 0 Å². The van der Waals surface area contributed by atoms with E-state index in [4.69, 9.17) is 0 Å². The van der Waals surface area contributed by atoms with Crippen LogP contribution < -0.4 is 5.32 Å². The zero-order valence-electron chi connectivity index (χ0n) is 11.9.